The number of nitrogens with one attached hydrogen (secondary N) is 1. The van der Waals surface area contributed by atoms with Crippen LogP contribution >= 0.6 is 11.6 Å². The van der Waals surface area contributed by atoms with Crippen molar-refractivity contribution in [3.63, 3.8) is 0 Å². The molecule has 0 unspecified atom stereocenters. The fraction of sp³-hybridized carbons (Fsp3) is 0.529. The highest BCUT2D eigenvalue weighted by atomic mass is 35.5. The standard InChI is InChI=1S/C17H23ClN4O4S/c18-15-7-8-16(19-14-15)21-9-11-22(12-10-21)27(25,26)13-5-3-1-2-4-6-17(23)20-24/h7-8,14,24H,1,3,5-6,9-13H2,(H,20,23). The van der Waals surface area contributed by atoms with Gasteiger partial charge in [-0.2, -0.15) is 4.31 Å². The summed E-state index contributed by atoms with van der Waals surface area (Å²) in [5.41, 5.74) is 1.50. The van der Waals surface area contributed by atoms with E-state index in [9.17, 15) is 13.2 Å². The summed E-state index contributed by atoms with van der Waals surface area (Å²) in [5, 5.41) is 8.90. The highest BCUT2D eigenvalue weighted by Crippen LogP contribution is 2.18. The third-order valence-electron chi connectivity index (χ3n) is 4.12. The van der Waals surface area contributed by atoms with Crippen molar-refractivity contribution in [2.75, 3.05) is 36.8 Å². The molecule has 1 aliphatic rings. The van der Waals surface area contributed by atoms with Crippen molar-refractivity contribution in [1.82, 2.24) is 14.8 Å². The zero-order valence-corrected chi connectivity index (χ0v) is 16.5. The van der Waals surface area contributed by atoms with Crippen molar-refractivity contribution >= 4 is 33.3 Å². The minimum atomic E-state index is -3.29. The summed E-state index contributed by atoms with van der Waals surface area (Å²) in [6.07, 6.45) is 3.19. The van der Waals surface area contributed by atoms with E-state index in [1.165, 1.54) is 9.79 Å². The van der Waals surface area contributed by atoms with Crippen LogP contribution in [0.4, 0.5) is 5.82 Å². The lowest BCUT2D eigenvalue weighted by atomic mass is 10.2. The molecule has 148 valence electrons. The fourth-order valence-electron chi connectivity index (χ4n) is 2.65. The van der Waals surface area contributed by atoms with Crippen LogP contribution in [0.5, 0.6) is 0 Å². The molecule has 1 aliphatic heterocycles. The predicted molar refractivity (Wildman–Crippen MR) is 103 cm³/mol. The molecular weight excluding hydrogens is 392 g/mol. The van der Waals surface area contributed by atoms with Crippen LogP contribution in [0.25, 0.3) is 0 Å². The molecule has 1 aromatic rings. The summed E-state index contributed by atoms with van der Waals surface area (Å²) in [6, 6.07) is 3.60. The Hall–Kier alpha value is -1.86. The molecule has 1 saturated heterocycles. The van der Waals surface area contributed by atoms with Crippen LogP contribution in [-0.2, 0) is 14.8 Å². The quantitative estimate of drug-likeness (QED) is 0.301. The molecule has 0 bridgehead atoms. The second-order valence-electron chi connectivity index (χ2n) is 6.06. The van der Waals surface area contributed by atoms with Crippen LogP contribution in [0.2, 0.25) is 5.02 Å². The van der Waals surface area contributed by atoms with Gasteiger partial charge in [-0.3, -0.25) is 10.0 Å². The lowest BCUT2D eigenvalue weighted by molar-refractivity contribution is -0.128. The molecule has 27 heavy (non-hydrogen) atoms. The van der Waals surface area contributed by atoms with Crippen LogP contribution in [0, 0.1) is 11.8 Å². The molecule has 2 heterocycles. The summed E-state index contributed by atoms with van der Waals surface area (Å²) in [5.74, 6) is 5.74. The molecule has 10 heteroatoms. The number of carbonyl (C=O) groups is 1. The maximum atomic E-state index is 12.4. The number of hydrogen-bond donors (Lipinski definition) is 2. The molecule has 1 amide bonds. The first-order chi connectivity index (χ1) is 12.9. The average molecular weight is 415 g/mol. The van der Waals surface area contributed by atoms with Gasteiger partial charge in [-0.1, -0.05) is 17.5 Å². The summed E-state index contributed by atoms with van der Waals surface area (Å²) in [6.45, 7) is 2.05. The third-order valence-corrected chi connectivity index (χ3v) is 6.30. The zero-order chi connectivity index (χ0) is 19.7. The Labute approximate surface area is 164 Å². The smallest absolute Gasteiger partial charge is 0.255 e. The number of hydrogen-bond acceptors (Lipinski definition) is 6. The topological polar surface area (TPSA) is 103 Å². The molecule has 0 aromatic carbocycles. The van der Waals surface area contributed by atoms with Crippen molar-refractivity contribution in [3.05, 3.63) is 23.4 Å². The first kappa shape index (κ1) is 21.4. The van der Waals surface area contributed by atoms with E-state index in [2.05, 4.69) is 16.8 Å². The molecule has 0 radical (unpaired) electrons. The number of carbonyl (C=O) groups excluding carboxylic acids is 1. The van der Waals surface area contributed by atoms with Gasteiger partial charge >= 0.3 is 0 Å². The first-order valence-corrected chi connectivity index (χ1v) is 10.6. The van der Waals surface area contributed by atoms with Gasteiger partial charge in [-0.05, 0) is 25.0 Å². The third kappa shape index (κ3) is 6.99. The van der Waals surface area contributed by atoms with E-state index in [1.807, 2.05) is 11.0 Å². The Morgan fingerprint density at radius 3 is 2.59 bits per heavy atom. The van der Waals surface area contributed by atoms with Gasteiger partial charge in [-0.25, -0.2) is 18.9 Å². The molecule has 1 aromatic heterocycles. The van der Waals surface area contributed by atoms with Crippen LogP contribution in [0.3, 0.4) is 0 Å². The molecule has 0 aliphatic carbocycles. The lowest BCUT2D eigenvalue weighted by Crippen LogP contribution is -2.49. The Morgan fingerprint density at radius 1 is 1.22 bits per heavy atom. The first-order valence-electron chi connectivity index (χ1n) is 8.65. The zero-order valence-electron chi connectivity index (χ0n) is 14.9. The number of rotatable bonds is 7. The number of hydroxylamine groups is 1. The van der Waals surface area contributed by atoms with Crippen molar-refractivity contribution in [2.24, 2.45) is 0 Å². The number of sulfonamides is 1. The van der Waals surface area contributed by atoms with Gasteiger partial charge in [0.1, 0.15) is 5.82 Å². The lowest BCUT2D eigenvalue weighted by Gasteiger charge is -2.34. The molecular formula is C17H23ClN4O4S. The minimum Gasteiger partial charge on any atom is -0.354 e. The number of halogens is 1. The number of anilines is 1. The van der Waals surface area contributed by atoms with Gasteiger partial charge < -0.3 is 4.90 Å². The van der Waals surface area contributed by atoms with E-state index in [0.717, 1.165) is 5.82 Å². The molecule has 0 saturated carbocycles. The molecule has 1 fully saturated rings. The molecule has 0 spiro atoms. The van der Waals surface area contributed by atoms with E-state index in [4.69, 9.17) is 16.8 Å². The molecule has 8 nitrogen and oxygen atoms in total. The van der Waals surface area contributed by atoms with Crippen molar-refractivity contribution in [3.8, 4) is 11.8 Å². The van der Waals surface area contributed by atoms with Gasteiger partial charge in [0.05, 0.1) is 17.2 Å². The second-order valence-corrected chi connectivity index (χ2v) is 8.58. The normalized spacial score (nSPS) is 15.1. The summed E-state index contributed by atoms with van der Waals surface area (Å²) in [4.78, 5) is 17.1. The summed E-state index contributed by atoms with van der Waals surface area (Å²) < 4.78 is 26.4. The monoisotopic (exact) mass is 414 g/mol. The maximum Gasteiger partial charge on any atom is 0.255 e. The Balaban J connectivity index is 1.71. The van der Waals surface area contributed by atoms with Crippen molar-refractivity contribution < 1.29 is 18.4 Å². The van der Waals surface area contributed by atoms with Gasteiger partial charge in [0.25, 0.3) is 5.91 Å². The van der Waals surface area contributed by atoms with E-state index < -0.39 is 15.9 Å². The SMILES string of the molecule is O=C(CC#CCCCCS(=O)(=O)N1CCN(c2ccc(Cl)cn2)CC1)NO. The Morgan fingerprint density at radius 2 is 1.96 bits per heavy atom. The highest BCUT2D eigenvalue weighted by Gasteiger charge is 2.26. The van der Waals surface area contributed by atoms with Crippen LogP contribution in [0.15, 0.2) is 18.3 Å². The van der Waals surface area contributed by atoms with Crippen LogP contribution < -0.4 is 10.4 Å². The molecule has 2 rings (SSSR count). The van der Waals surface area contributed by atoms with E-state index in [1.54, 1.807) is 12.3 Å². The Bertz CT molecular complexity index is 781. The van der Waals surface area contributed by atoms with Crippen molar-refractivity contribution in [1.29, 1.82) is 0 Å². The number of amides is 1. The Kier molecular flexibility index (Phi) is 8.31. The van der Waals surface area contributed by atoms with Gasteiger partial charge in [0.15, 0.2) is 0 Å². The fourth-order valence-corrected chi connectivity index (χ4v) is 4.31. The molecule has 0 atom stereocenters. The van der Waals surface area contributed by atoms with Crippen LogP contribution in [-0.4, -0.2) is 60.8 Å². The predicted octanol–water partition coefficient (Wildman–Crippen LogP) is 1.26. The summed E-state index contributed by atoms with van der Waals surface area (Å²) in [7, 11) is -3.29. The van der Waals surface area contributed by atoms with Crippen LogP contribution in [0.1, 0.15) is 25.7 Å². The van der Waals surface area contributed by atoms with Gasteiger partial charge in [-0.15, -0.1) is 5.92 Å². The summed E-state index contributed by atoms with van der Waals surface area (Å²) >= 11 is 5.84. The highest BCUT2D eigenvalue weighted by molar-refractivity contribution is 7.89. The number of nitrogens with zero attached hydrogens (tertiary/aromatic N) is 3. The second kappa shape index (κ2) is 10.5. The van der Waals surface area contributed by atoms with E-state index in [-0.39, 0.29) is 12.2 Å². The number of unbranched alkanes of at least 4 members (excludes halogenated alkanes) is 2. The number of pyridine rings is 1. The number of aromatic nitrogens is 1. The largest absolute Gasteiger partial charge is 0.354 e. The van der Waals surface area contributed by atoms with E-state index >= 15 is 0 Å². The van der Waals surface area contributed by atoms with Gasteiger partial charge in [0, 0.05) is 38.8 Å². The van der Waals surface area contributed by atoms with Gasteiger partial charge in [0.2, 0.25) is 10.0 Å². The van der Waals surface area contributed by atoms with Crippen molar-refractivity contribution in [2.45, 2.75) is 25.7 Å². The van der Waals surface area contributed by atoms with E-state index in [0.29, 0.717) is 50.5 Å². The maximum absolute atomic E-state index is 12.4. The average Bonchev–Trinajstić information content (AvgIpc) is 2.67. The number of piperazine rings is 1. The minimum absolute atomic E-state index is 0.0679. The molecule has 2 N–H and O–H groups in total.